The third-order valence-corrected chi connectivity index (χ3v) is 1.11. The van der Waals surface area contributed by atoms with E-state index in [1.54, 1.807) is 0 Å². The molecule has 0 aliphatic heterocycles. The second kappa shape index (κ2) is 6.22. The number of esters is 1. The van der Waals surface area contributed by atoms with Crippen molar-refractivity contribution < 1.29 is 23.5 Å². The van der Waals surface area contributed by atoms with Crippen LogP contribution in [0.5, 0.6) is 0 Å². The van der Waals surface area contributed by atoms with Gasteiger partial charge in [-0.15, -0.1) is 9.42 Å². The van der Waals surface area contributed by atoms with Crippen LogP contribution in [-0.4, -0.2) is 24.1 Å². The molecule has 1 atom stereocenters. The van der Waals surface area contributed by atoms with Crippen molar-refractivity contribution >= 4 is 14.2 Å². The second-order valence-electron chi connectivity index (χ2n) is 1.73. The number of hydrogen-bond acceptors (Lipinski definition) is 4. The van der Waals surface area contributed by atoms with Crippen LogP contribution in [0.15, 0.2) is 0 Å². The van der Waals surface area contributed by atoms with Crippen LogP contribution in [0.2, 0.25) is 0 Å². The lowest BCUT2D eigenvalue weighted by molar-refractivity contribution is -0.146. The van der Waals surface area contributed by atoms with E-state index in [9.17, 15) is 9.36 Å². The summed E-state index contributed by atoms with van der Waals surface area (Å²) in [5, 5.41) is 0. The molecule has 1 unspecified atom stereocenters. The highest BCUT2D eigenvalue weighted by Crippen LogP contribution is 2.13. The largest absolute Gasteiger partial charge is 0.695 e. The van der Waals surface area contributed by atoms with Crippen LogP contribution >= 0.6 is 8.25 Å². The second-order valence-corrected chi connectivity index (χ2v) is 2.47. The van der Waals surface area contributed by atoms with Gasteiger partial charge in [0.1, 0.15) is 0 Å². The number of carbonyl (C=O) groups excluding carboxylic acids is 1. The summed E-state index contributed by atoms with van der Waals surface area (Å²) in [7, 11) is -2.70. The number of rotatable bonds is 5. The number of ether oxygens (including phenoxy) is 1. The summed E-state index contributed by atoms with van der Waals surface area (Å²) in [6, 6.07) is 0. The highest BCUT2D eigenvalue weighted by atomic mass is 31.1. The van der Waals surface area contributed by atoms with Crippen LogP contribution in [0.25, 0.3) is 0 Å². The Morgan fingerprint density at radius 2 is 2.27 bits per heavy atom. The van der Waals surface area contributed by atoms with Crippen molar-refractivity contribution in [2.45, 2.75) is 13.3 Å². The lowest BCUT2D eigenvalue weighted by Crippen LogP contribution is -2.10. The minimum Gasteiger partial charge on any atom is -0.464 e. The summed E-state index contributed by atoms with van der Waals surface area (Å²) in [5.41, 5.74) is 0. The van der Waals surface area contributed by atoms with Gasteiger partial charge in [-0.05, 0) is 6.42 Å². The van der Waals surface area contributed by atoms with Crippen LogP contribution in [0.3, 0.4) is 0 Å². The van der Waals surface area contributed by atoms with E-state index >= 15 is 0 Å². The maximum Gasteiger partial charge on any atom is 0.695 e. The molecule has 0 aromatic rings. The predicted octanol–water partition coefficient (Wildman–Crippen LogP) is 0.606. The molecule has 0 spiro atoms. The Morgan fingerprint density at radius 3 is 2.73 bits per heavy atom. The van der Waals surface area contributed by atoms with Gasteiger partial charge in [0.05, 0.1) is 6.61 Å². The smallest absolute Gasteiger partial charge is 0.464 e. The van der Waals surface area contributed by atoms with Crippen LogP contribution in [0, 0.1) is 0 Å². The van der Waals surface area contributed by atoms with Gasteiger partial charge in [0, 0.05) is 4.57 Å². The highest BCUT2D eigenvalue weighted by molar-refractivity contribution is 7.32. The van der Waals surface area contributed by atoms with Crippen molar-refractivity contribution in [3.63, 3.8) is 0 Å². The first-order valence-electron chi connectivity index (χ1n) is 3.11. The van der Waals surface area contributed by atoms with Crippen LogP contribution in [0.1, 0.15) is 13.3 Å². The maximum atomic E-state index is 10.5. The number of hydrogen-bond donors (Lipinski definition) is 1. The Bertz CT molecular complexity index is 146. The van der Waals surface area contributed by atoms with Crippen LogP contribution in [-0.2, 0) is 18.6 Å². The third kappa shape index (κ3) is 7.39. The highest BCUT2D eigenvalue weighted by Gasteiger charge is 2.15. The molecule has 11 heavy (non-hydrogen) atoms. The average molecular weight is 181 g/mol. The van der Waals surface area contributed by atoms with E-state index in [1.807, 2.05) is 6.92 Å². The molecule has 0 aromatic heterocycles. The summed E-state index contributed by atoms with van der Waals surface area (Å²) >= 11 is 0. The molecule has 0 aliphatic rings. The molecule has 0 radical (unpaired) electrons. The van der Waals surface area contributed by atoms with Crippen molar-refractivity contribution in [1.82, 2.24) is 0 Å². The minimum absolute atomic E-state index is 0.310. The predicted molar refractivity (Wildman–Crippen MR) is 37.0 cm³/mol. The zero-order valence-corrected chi connectivity index (χ0v) is 7.04. The first kappa shape index (κ1) is 10.5. The zero-order chi connectivity index (χ0) is 8.69. The van der Waals surface area contributed by atoms with Crippen molar-refractivity contribution in [2.24, 2.45) is 0 Å². The average Bonchev–Trinajstić information content (AvgIpc) is 1.97. The lowest BCUT2D eigenvalue weighted by Gasteiger charge is -1.97. The summed E-state index contributed by atoms with van der Waals surface area (Å²) in [5.74, 6) is -0.621. The monoisotopic (exact) mass is 181 g/mol. The van der Waals surface area contributed by atoms with Crippen molar-refractivity contribution in [1.29, 1.82) is 0 Å². The standard InChI is InChI=1S/C5H9O5P/c1-2-3-9-5(6)4-10-11(7)8/h2-4H2,1H3/p+1. The van der Waals surface area contributed by atoms with Gasteiger partial charge in [-0.2, -0.15) is 0 Å². The van der Waals surface area contributed by atoms with Crippen LogP contribution < -0.4 is 0 Å². The van der Waals surface area contributed by atoms with E-state index in [0.29, 0.717) is 6.61 Å². The van der Waals surface area contributed by atoms with E-state index in [2.05, 4.69) is 9.26 Å². The van der Waals surface area contributed by atoms with Crippen molar-refractivity contribution in [3.05, 3.63) is 0 Å². The van der Waals surface area contributed by atoms with Gasteiger partial charge in [-0.25, -0.2) is 4.79 Å². The van der Waals surface area contributed by atoms with E-state index in [-0.39, 0.29) is 0 Å². The molecule has 0 fully saturated rings. The molecule has 0 rings (SSSR count). The van der Waals surface area contributed by atoms with Gasteiger partial charge in [-0.3, -0.25) is 0 Å². The summed E-state index contributed by atoms with van der Waals surface area (Å²) in [6.07, 6.45) is 0.719. The SMILES string of the molecule is CCCOC(=O)CO[P+](=O)O. The first-order valence-corrected chi connectivity index (χ1v) is 4.24. The molecule has 6 heteroatoms. The molecule has 0 aromatic carbocycles. The quantitative estimate of drug-likeness (QED) is 0.496. The Labute approximate surface area is 65.3 Å². The summed E-state index contributed by atoms with van der Waals surface area (Å²) in [4.78, 5) is 18.6. The molecular formula is C5H10O5P+. The van der Waals surface area contributed by atoms with Gasteiger partial charge in [0.2, 0.25) is 6.61 Å². The van der Waals surface area contributed by atoms with Gasteiger partial charge < -0.3 is 4.74 Å². The maximum absolute atomic E-state index is 10.5. The van der Waals surface area contributed by atoms with Gasteiger partial charge in [-0.1, -0.05) is 6.92 Å². The first-order chi connectivity index (χ1) is 5.16. The van der Waals surface area contributed by atoms with Crippen LogP contribution in [0.4, 0.5) is 0 Å². The molecule has 0 bridgehead atoms. The molecule has 0 saturated carbocycles. The molecule has 64 valence electrons. The Kier molecular flexibility index (Phi) is 5.93. The summed E-state index contributed by atoms with van der Waals surface area (Å²) in [6.45, 7) is 1.69. The van der Waals surface area contributed by atoms with Gasteiger partial charge >= 0.3 is 14.2 Å². The van der Waals surface area contributed by atoms with E-state index in [0.717, 1.165) is 6.42 Å². The fourth-order valence-corrected chi connectivity index (χ4v) is 0.581. The molecule has 0 heterocycles. The van der Waals surface area contributed by atoms with Gasteiger partial charge in [0.25, 0.3) is 0 Å². The Morgan fingerprint density at radius 1 is 1.64 bits per heavy atom. The third-order valence-electron chi connectivity index (χ3n) is 0.760. The van der Waals surface area contributed by atoms with E-state index < -0.39 is 20.8 Å². The molecule has 5 nitrogen and oxygen atoms in total. The summed E-state index contributed by atoms with van der Waals surface area (Å²) < 4.78 is 18.5. The lowest BCUT2D eigenvalue weighted by atomic mass is 10.5. The van der Waals surface area contributed by atoms with E-state index in [1.165, 1.54) is 0 Å². The molecule has 0 saturated heterocycles. The Balaban J connectivity index is 3.30. The molecule has 0 aliphatic carbocycles. The molecule has 0 amide bonds. The normalized spacial score (nSPS) is 10.9. The fraction of sp³-hybridized carbons (Fsp3) is 0.800. The molecular weight excluding hydrogens is 171 g/mol. The van der Waals surface area contributed by atoms with Gasteiger partial charge in [0.15, 0.2) is 0 Å². The fourth-order valence-electron chi connectivity index (χ4n) is 0.365. The Hall–Kier alpha value is -0.510. The van der Waals surface area contributed by atoms with Crippen molar-refractivity contribution in [3.8, 4) is 0 Å². The minimum atomic E-state index is -2.70. The topological polar surface area (TPSA) is 72.8 Å². The zero-order valence-electron chi connectivity index (χ0n) is 6.15. The van der Waals surface area contributed by atoms with Crippen molar-refractivity contribution in [2.75, 3.05) is 13.2 Å². The number of carbonyl (C=O) groups is 1. The molecule has 1 N–H and O–H groups in total. The van der Waals surface area contributed by atoms with E-state index in [4.69, 9.17) is 4.89 Å².